The van der Waals surface area contributed by atoms with Crippen LogP contribution in [-0.2, 0) is 9.53 Å². The summed E-state index contributed by atoms with van der Waals surface area (Å²) in [5, 5.41) is 2.92. The van der Waals surface area contributed by atoms with E-state index in [2.05, 4.69) is 10.3 Å². The van der Waals surface area contributed by atoms with Crippen LogP contribution in [0.25, 0.3) is 0 Å². The number of anilines is 1. The molecule has 1 aromatic heterocycles. The van der Waals surface area contributed by atoms with E-state index >= 15 is 0 Å². The average molecular weight is 335 g/mol. The summed E-state index contributed by atoms with van der Waals surface area (Å²) in [6.07, 6.45) is 0.717. The van der Waals surface area contributed by atoms with Crippen molar-refractivity contribution in [3.8, 4) is 5.88 Å². The Hall–Kier alpha value is -2.31. The second-order valence-electron chi connectivity index (χ2n) is 6.11. The first-order valence-electron chi connectivity index (χ1n) is 8.19. The van der Waals surface area contributed by atoms with Crippen molar-refractivity contribution in [2.24, 2.45) is 0 Å². The fourth-order valence-electron chi connectivity index (χ4n) is 2.94. The van der Waals surface area contributed by atoms with Gasteiger partial charge in [-0.05, 0) is 32.8 Å². The van der Waals surface area contributed by atoms with Crippen molar-refractivity contribution < 1.29 is 19.1 Å². The Bertz CT molecular complexity index is 618. The van der Waals surface area contributed by atoms with Gasteiger partial charge >= 0.3 is 6.09 Å². The third kappa shape index (κ3) is 3.77. The Morgan fingerprint density at radius 1 is 1.42 bits per heavy atom. The first-order valence-corrected chi connectivity index (χ1v) is 8.19. The highest BCUT2D eigenvalue weighted by Gasteiger charge is 2.38. The van der Waals surface area contributed by atoms with E-state index in [4.69, 9.17) is 9.47 Å². The molecule has 1 aromatic rings. The number of hydrogen-bond acceptors (Lipinski definition) is 5. The molecule has 0 spiro atoms. The van der Waals surface area contributed by atoms with Crippen molar-refractivity contribution in [3.63, 3.8) is 0 Å². The molecule has 2 amide bonds. The maximum atomic E-state index is 12.6. The van der Waals surface area contributed by atoms with Crippen LogP contribution in [0.3, 0.4) is 0 Å². The lowest BCUT2D eigenvalue weighted by Gasteiger charge is -2.39. The number of hydrogen-bond donors (Lipinski definition) is 1. The van der Waals surface area contributed by atoms with E-state index < -0.39 is 6.09 Å². The molecule has 0 radical (unpaired) electrons. The molecule has 0 aromatic carbocycles. The Morgan fingerprint density at radius 2 is 2.12 bits per heavy atom. The first-order chi connectivity index (χ1) is 11.4. The standard InChI is InChI=1S/C17H25N3O4/c1-6-12-9-13(18-11(4)21)16-14(7-8-15(19-16)23-5)20(12)17(22)24-10(2)3/h7-8,10,12-13H,6,9H2,1-5H3,(H,18,21). The molecule has 7 heteroatoms. The van der Waals surface area contributed by atoms with Crippen LogP contribution in [0.5, 0.6) is 5.88 Å². The van der Waals surface area contributed by atoms with Crippen LogP contribution in [0.15, 0.2) is 12.1 Å². The van der Waals surface area contributed by atoms with E-state index in [1.165, 1.54) is 14.0 Å². The maximum Gasteiger partial charge on any atom is 0.414 e. The molecule has 1 aliphatic heterocycles. The Morgan fingerprint density at radius 3 is 2.67 bits per heavy atom. The third-order valence-electron chi connectivity index (χ3n) is 3.93. The lowest BCUT2D eigenvalue weighted by Crippen LogP contribution is -2.48. The van der Waals surface area contributed by atoms with Gasteiger partial charge in [-0.25, -0.2) is 9.78 Å². The molecule has 0 saturated heterocycles. The van der Waals surface area contributed by atoms with Crippen LogP contribution < -0.4 is 15.0 Å². The van der Waals surface area contributed by atoms with Gasteiger partial charge in [0.2, 0.25) is 11.8 Å². The zero-order valence-electron chi connectivity index (χ0n) is 14.8. The average Bonchev–Trinajstić information content (AvgIpc) is 2.52. The SMILES string of the molecule is CCC1CC(NC(C)=O)c2nc(OC)ccc2N1C(=O)OC(C)C. The number of carbonyl (C=O) groups is 2. The van der Waals surface area contributed by atoms with Crippen molar-refractivity contribution in [2.75, 3.05) is 12.0 Å². The molecule has 24 heavy (non-hydrogen) atoms. The van der Waals surface area contributed by atoms with E-state index in [9.17, 15) is 9.59 Å². The topological polar surface area (TPSA) is 80.8 Å². The molecular formula is C17H25N3O4. The Kier molecular flexibility index (Phi) is 5.64. The van der Waals surface area contributed by atoms with E-state index in [1.54, 1.807) is 17.0 Å². The highest BCUT2D eigenvalue weighted by atomic mass is 16.6. The Balaban J connectivity index is 2.48. The van der Waals surface area contributed by atoms with Crippen LogP contribution in [0.1, 0.15) is 52.3 Å². The van der Waals surface area contributed by atoms with Gasteiger partial charge in [-0.1, -0.05) is 6.92 Å². The van der Waals surface area contributed by atoms with Gasteiger partial charge in [0.15, 0.2) is 0 Å². The number of nitrogens with zero attached hydrogens (tertiary/aromatic N) is 2. The number of fused-ring (bicyclic) bond motifs is 1. The van der Waals surface area contributed by atoms with E-state index in [-0.39, 0.29) is 24.1 Å². The lowest BCUT2D eigenvalue weighted by atomic mass is 9.93. The van der Waals surface area contributed by atoms with Crippen LogP contribution >= 0.6 is 0 Å². The predicted molar refractivity (Wildman–Crippen MR) is 90.1 cm³/mol. The highest BCUT2D eigenvalue weighted by molar-refractivity contribution is 5.90. The van der Waals surface area contributed by atoms with E-state index in [1.807, 2.05) is 20.8 Å². The van der Waals surface area contributed by atoms with Gasteiger partial charge in [0.05, 0.1) is 30.6 Å². The van der Waals surface area contributed by atoms with Crippen molar-refractivity contribution in [3.05, 3.63) is 17.8 Å². The Labute approximate surface area is 142 Å². The number of amides is 2. The number of aromatic nitrogens is 1. The van der Waals surface area contributed by atoms with Crippen LogP contribution in [-0.4, -0.2) is 36.2 Å². The van der Waals surface area contributed by atoms with Crippen molar-refractivity contribution in [1.29, 1.82) is 0 Å². The zero-order chi connectivity index (χ0) is 17.9. The molecule has 2 atom stereocenters. The van der Waals surface area contributed by atoms with Gasteiger partial charge < -0.3 is 14.8 Å². The quantitative estimate of drug-likeness (QED) is 0.915. The monoisotopic (exact) mass is 335 g/mol. The van der Waals surface area contributed by atoms with Crippen LogP contribution in [0.2, 0.25) is 0 Å². The number of nitrogens with one attached hydrogen (secondary N) is 1. The summed E-state index contributed by atoms with van der Waals surface area (Å²) in [4.78, 5) is 30.2. The minimum absolute atomic E-state index is 0.0733. The molecule has 1 aliphatic rings. The van der Waals surface area contributed by atoms with Gasteiger partial charge in [-0.2, -0.15) is 0 Å². The maximum absolute atomic E-state index is 12.6. The summed E-state index contributed by atoms with van der Waals surface area (Å²) in [7, 11) is 1.53. The highest BCUT2D eigenvalue weighted by Crippen LogP contribution is 2.38. The minimum atomic E-state index is -0.397. The smallest absolute Gasteiger partial charge is 0.414 e. The second-order valence-corrected chi connectivity index (χ2v) is 6.11. The molecular weight excluding hydrogens is 310 g/mol. The number of methoxy groups -OCH3 is 1. The molecule has 0 bridgehead atoms. The predicted octanol–water partition coefficient (Wildman–Crippen LogP) is 2.80. The second kappa shape index (κ2) is 7.51. The van der Waals surface area contributed by atoms with E-state index in [0.717, 1.165) is 6.42 Å². The van der Waals surface area contributed by atoms with Gasteiger partial charge in [-0.3, -0.25) is 9.69 Å². The zero-order valence-corrected chi connectivity index (χ0v) is 14.8. The van der Waals surface area contributed by atoms with Crippen LogP contribution in [0, 0.1) is 0 Å². The molecule has 132 valence electrons. The largest absolute Gasteiger partial charge is 0.481 e. The number of carbonyl (C=O) groups excluding carboxylic acids is 2. The summed E-state index contributed by atoms with van der Waals surface area (Å²) in [5.41, 5.74) is 1.27. The molecule has 7 nitrogen and oxygen atoms in total. The summed E-state index contributed by atoms with van der Waals surface area (Å²) < 4.78 is 10.6. The van der Waals surface area contributed by atoms with Gasteiger partial charge in [-0.15, -0.1) is 0 Å². The number of pyridine rings is 1. The molecule has 0 aliphatic carbocycles. The fourth-order valence-corrected chi connectivity index (χ4v) is 2.94. The van der Waals surface area contributed by atoms with Gasteiger partial charge in [0.25, 0.3) is 0 Å². The van der Waals surface area contributed by atoms with Crippen LogP contribution in [0.4, 0.5) is 10.5 Å². The summed E-state index contributed by atoms with van der Waals surface area (Å²) >= 11 is 0. The van der Waals surface area contributed by atoms with Gasteiger partial charge in [0, 0.05) is 19.0 Å². The molecule has 2 rings (SSSR count). The lowest BCUT2D eigenvalue weighted by molar-refractivity contribution is -0.119. The number of ether oxygens (including phenoxy) is 2. The summed E-state index contributed by atoms with van der Waals surface area (Å²) in [6.45, 7) is 7.11. The summed E-state index contributed by atoms with van der Waals surface area (Å²) in [6, 6.07) is 3.16. The fraction of sp³-hybridized carbons (Fsp3) is 0.588. The molecule has 0 fully saturated rings. The van der Waals surface area contributed by atoms with Crippen molar-refractivity contribution in [2.45, 2.75) is 58.7 Å². The minimum Gasteiger partial charge on any atom is -0.481 e. The molecule has 0 saturated carbocycles. The third-order valence-corrected chi connectivity index (χ3v) is 3.93. The van der Waals surface area contributed by atoms with Crippen molar-refractivity contribution in [1.82, 2.24) is 10.3 Å². The van der Waals surface area contributed by atoms with Gasteiger partial charge in [0.1, 0.15) is 0 Å². The molecule has 1 N–H and O–H groups in total. The van der Waals surface area contributed by atoms with Crippen molar-refractivity contribution >= 4 is 17.7 Å². The molecule has 2 unspecified atom stereocenters. The number of rotatable bonds is 4. The normalized spacial score (nSPS) is 19.7. The first kappa shape index (κ1) is 18.0. The molecule has 2 heterocycles. The van der Waals surface area contributed by atoms with E-state index in [0.29, 0.717) is 23.7 Å². The summed E-state index contributed by atoms with van der Waals surface area (Å²) in [5.74, 6) is 0.305.